The summed E-state index contributed by atoms with van der Waals surface area (Å²) in [6.45, 7) is 1.75. The van der Waals surface area contributed by atoms with E-state index in [1.165, 1.54) is 59.5 Å². The van der Waals surface area contributed by atoms with Gasteiger partial charge in [0.1, 0.15) is 11.6 Å². The molecule has 4 rings (SSSR count). The molecule has 0 spiro atoms. The predicted molar refractivity (Wildman–Crippen MR) is 123 cm³/mol. The first-order chi connectivity index (χ1) is 16.1. The van der Waals surface area contributed by atoms with Gasteiger partial charge in [-0.2, -0.15) is 5.26 Å². The molecule has 1 aliphatic heterocycles. The molecule has 0 radical (unpaired) electrons. The van der Waals surface area contributed by atoms with Gasteiger partial charge in [-0.15, -0.1) is 0 Å². The number of rotatable bonds is 4. The lowest BCUT2D eigenvalue weighted by Crippen LogP contribution is -2.37. The first-order valence-corrected chi connectivity index (χ1v) is 10.0. The number of nitro benzene ring substituents is 2. The second-order valence-electron chi connectivity index (χ2n) is 7.75. The van der Waals surface area contributed by atoms with Crippen molar-refractivity contribution in [1.82, 2.24) is 4.57 Å². The fourth-order valence-electron chi connectivity index (χ4n) is 4.12. The molecule has 170 valence electrons. The number of aromatic nitrogens is 1. The summed E-state index contributed by atoms with van der Waals surface area (Å²) in [5.41, 5.74) is 7.81. The molecule has 0 fully saturated rings. The third-order valence-electron chi connectivity index (χ3n) is 5.88. The van der Waals surface area contributed by atoms with Gasteiger partial charge in [0.15, 0.2) is 5.43 Å². The molecule has 1 aromatic heterocycles. The lowest BCUT2D eigenvalue weighted by Gasteiger charge is -2.37. The normalized spacial score (nSPS) is 15.0. The minimum atomic E-state index is -0.852. The number of nitriles is 1. The van der Waals surface area contributed by atoms with Crippen molar-refractivity contribution in [3.63, 3.8) is 0 Å². The third-order valence-corrected chi connectivity index (χ3v) is 5.88. The van der Waals surface area contributed by atoms with Gasteiger partial charge in [0.2, 0.25) is 0 Å². The Morgan fingerprint density at radius 3 is 2.03 bits per heavy atom. The molecule has 0 bridgehead atoms. The summed E-state index contributed by atoms with van der Waals surface area (Å²) in [7, 11) is 1.74. The van der Waals surface area contributed by atoms with Crippen molar-refractivity contribution in [1.29, 1.82) is 5.26 Å². The Labute approximate surface area is 192 Å². The van der Waals surface area contributed by atoms with E-state index in [0.717, 1.165) is 0 Å². The van der Waals surface area contributed by atoms with Crippen LogP contribution in [0.25, 0.3) is 0 Å². The van der Waals surface area contributed by atoms with Gasteiger partial charge in [0.05, 0.1) is 33.0 Å². The number of nitro groups is 2. The van der Waals surface area contributed by atoms with E-state index in [9.17, 15) is 30.3 Å². The van der Waals surface area contributed by atoms with Crippen LogP contribution in [0.4, 0.5) is 22.9 Å². The number of pyridine rings is 1. The number of aryl methyl sites for hydroxylation is 1. The van der Waals surface area contributed by atoms with Gasteiger partial charge in [-0.3, -0.25) is 29.9 Å². The van der Waals surface area contributed by atoms with Crippen molar-refractivity contribution in [3.05, 3.63) is 113 Å². The van der Waals surface area contributed by atoms with Gasteiger partial charge in [-0.1, -0.05) is 12.1 Å². The highest BCUT2D eigenvalue weighted by molar-refractivity contribution is 5.76. The molecule has 2 heterocycles. The highest BCUT2D eigenvalue weighted by atomic mass is 16.6. The zero-order valence-electron chi connectivity index (χ0n) is 18.1. The summed E-state index contributed by atoms with van der Waals surface area (Å²) in [5, 5.41) is 32.2. The molecule has 2 N–H and O–H groups in total. The Morgan fingerprint density at radius 1 is 1.00 bits per heavy atom. The Hall–Kier alpha value is -4.98. The van der Waals surface area contributed by atoms with E-state index in [4.69, 9.17) is 5.73 Å². The first-order valence-electron chi connectivity index (χ1n) is 10.0. The summed E-state index contributed by atoms with van der Waals surface area (Å²) < 4.78 is 1.75. The summed E-state index contributed by atoms with van der Waals surface area (Å²) in [6, 6.07) is 14.7. The van der Waals surface area contributed by atoms with Crippen molar-refractivity contribution < 1.29 is 9.85 Å². The van der Waals surface area contributed by atoms with Crippen LogP contribution in [0, 0.1) is 38.5 Å². The highest BCUT2D eigenvalue weighted by Crippen LogP contribution is 2.45. The third kappa shape index (κ3) is 3.43. The van der Waals surface area contributed by atoms with Crippen LogP contribution < -0.4 is 16.1 Å². The lowest BCUT2D eigenvalue weighted by molar-refractivity contribution is -0.385. The SMILES string of the molecule is Cc1cc(=O)c2c(n1C)N(c1ccc([N+](=O)[O-])cc1)C(N)=C(C#N)C2c1ccc([N+](=O)[O-])cc1. The quantitative estimate of drug-likeness (QED) is 0.459. The smallest absolute Gasteiger partial charge is 0.269 e. The molecule has 1 unspecified atom stereocenters. The number of non-ortho nitro benzene ring substituents is 2. The standard InChI is InChI=1S/C23H18N6O5/c1-13-11-19(30)21-20(14-3-5-16(6-4-14)28(31)32)18(12-24)22(25)27(23(21)26(13)2)15-7-9-17(10-8-15)29(33)34/h3-11,20H,25H2,1-2H3. The summed E-state index contributed by atoms with van der Waals surface area (Å²) >= 11 is 0. The maximum absolute atomic E-state index is 13.3. The van der Waals surface area contributed by atoms with Crippen LogP contribution in [0.1, 0.15) is 22.7 Å². The van der Waals surface area contributed by atoms with Crippen molar-refractivity contribution in [3.8, 4) is 6.07 Å². The summed E-state index contributed by atoms with van der Waals surface area (Å²) in [4.78, 5) is 35.9. The van der Waals surface area contributed by atoms with Gasteiger partial charge in [-0.05, 0) is 24.6 Å². The average molecular weight is 458 g/mol. The molecule has 1 aliphatic rings. The van der Waals surface area contributed by atoms with E-state index in [0.29, 0.717) is 22.8 Å². The molecule has 3 aromatic rings. The van der Waals surface area contributed by atoms with Gasteiger partial charge in [0.25, 0.3) is 11.4 Å². The monoisotopic (exact) mass is 458 g/mol. The molecule has 0 saturated heterocycles. The minimum Gasteiger partial charge on any atom is -0.384 e. The van der Waals surface area contributed by atoms with E-state index in [1.54, 1.807) is 18.5 Å². The number of anilines is 2. The van der Waals surface area contributed by atoms with Crippen LogP contribution in [0.3, 0.4) is 0 Å². The fourth-order valence-corrected chi connectivity index (χ4v) is 4.12. The van der Waals surface area contributed by atoms with E-state index < -0.39 is 15.8 Å². The minimum absolute atomic E-state index is 0.0489. The Kier molecular flexibility index (Phi) is 5.34. The number of hydrogen-bond donors (Lipinski definition) is 1. The van der Waals surface area contributed by atoms with Crippen LogP contribution in [0.2, 0.25) is 0 Å². The van der Waals surface area contributed by atoms with E-state index >= 15 is 0 Å². The zero-order chi connectivity index (χ0) is 24.7. The van der Waals surface area contributed by atoms with Crippen molar-refractivity contribution in [2.75, 3.05) is 4.90 Å². The largest absolute Gasteiger partial charge is 0.384 e. The maximum atomic E-state index is 13.3. The number of nitrogens with two attached hydrogens (primary N) is 1. The molecule has 2 aromatic carbocycles. The molecule has 34 heavy (non-hydrogen) atoms. The Balaban J connectivity index is 2.02. The van der Waals surface area contributed by atoms with Crippen LogP contribution in [-0.2, 0) is 7.05 Å². The number of fused-ring (bicyclic) bond motifs is 1. The number of hydrogen-bond acceptors (Lipinski definition) is 8. The molecule has 1 atom stereocenters. The van der Waals surface area contributed by atoms with Crippen molar-refractivity contribution in [2.24, 2.45) is 12.8 Å². The average Bonchev–Trinajstić information content (AvgIpc) is 2.81. The molecule has 0 amide bonds. The fraction of sp³-hybridized carbons (Fsp3) is 0.130. The van der Waals surface area contributed by atoms with Crippen molar-refractivity contribution >= 4 is 22.9 Å². The Morgan fingerprint density at radius 2 is 1.53 bits per heavy atom. The van der Waals surface area contributed by atoms with E-state index in [2.05, 4.69) is 6.07 Å². The van der Waals surface area contributed by atoms with Gasteiger partial charge in [-0.25, -0.2) is 0 Å². The molecule has 11 heteroatoms. The van der Waals surface area contributed by atoms with Crippen LogP contribution in [-0.4, -0.2) is 14.4 Å². The molecular formula is C23H18N6O5. The molecule has 11 nitrogen and oxygen atoms in total. The topological polar surface area (TPSA) is 161 Å². The second-order valence-corrected chi connectivity index (χ2v) is 7.75. The zero-order valence-corrected chi connectivity index (χ0v) is 18.1. The first kappa shape index (κ1) is 22.2. The molecule has 0 aliphatic carbocycles. The second kappa shape index (κ2) is 8.18. The van der Waals surface area contributed by atoms with Crippen molar-refractivity contribution in [2.45, 2.75) is 12.8 Å². The Bertz CT molecular complexity index is 1470. The van der Waals surface area contributed by atoms with Crippen LogP contribution in [0.15, 0.2) is 70.8 Å². The maximum Gasteiger partial charge on any atom is 0.269 e. The van der Waals surface area contributed by atoms with Gasteiger partial charge in [0, 0.05) is 48.8 Å². The van der Waals surface area contributed by atoms with Gasteiger partial charge < -0.3 is 10.3 Å². The highest BCUT2D eigenvalue weighted by Gasteiger charge is 2.37. The van der Waals surface area contributed by atoms with E-state index in [1.807, 2.05) is 0 Å². The lowest BCUT2D eigenvalue weighted by atomic mass is 9.82. The number of nitrogens with zero attached hydrogens (tertiary/aromatic N) is 5. The predicted octanol–water partition coefficient (Wildman–Crippen LogP) is 3.49. The number of allylic oxidation sites excluding steroid dienone is 1. The van der Waals surface area contributed by atoms with E-state index in [-0.39, 0.29) is 33.8 Å². The number of benzene rings is 2. The molecular weight excluding hydrogens is 440 g/mol. The van der Waals surface area contributed by atoms with Gasteiger partial charge >= 0.3 is 0 Å². The summed E-state index contributed by atoms with van der Waals surface area (Å²) in [5.74, 6) is -0.402. The van der Waals surface area contributed by atoms with Crippen LogP contribution >= 0.6 is 0 Å². The molecule has 0 saturated carbocycles. The summed E-state index contributed by atoms with van der Waals surface area (Å²) in [6.07, 6.45) is 0. The van der Waals surface area contributed by atoms with Crippen LogP contribution in [0.5, 0.6) is 0 Å².